The van der Waals surface area contributed by atoms with Crippen molar-refractivity contribution in [3.63, 3.8) is 0 Å². The lowest BCUT2D eigenvalue weighted by molar-refractivity contribution is -0.109. The van der Waals surface area contributed by atoms with Gasteiger partial charge in [-0.05, 0) is 24.3 Å². The normalized spacial score (nSPS) is 9.21. The molecule has 0 aliphatic heterocycles. The number of halogens is 1. The van der Waals surface area contributed by atoms with Crippen LogP contribution >= 0.6 is 11.6 Å². The van der Waals surface area contributed by atoms with Crippen molar-refractivity contribution in [1.82, 2.24) is 5.43 Å². The van der Waals surface area contributed by atoms with E-state index in [0.717, 1.165) is 5.01 Å². The third-order valence-corrected chi connectivity index (χ3v) is 1.74. The van der Waals surface area contributed by atoms with E-state index in [0.29, 0.717) is 17.1 Å². The number of nitrogens with two attached hydrogens (primary N) is 1. The first-order valence-electron chi connectivity index (χ1n) is 3.70. The molecule has 0 heterocycles. The molecular weight excluding hydrogens is 206 g/mol. The summed E-state index contributed by atoms with van der Waals surface area (Å²) in [5, 5.41) is 1.44. The predicted molar refractivity (Wildman–Crippen MR) is 52.7 cm³/mol. The van der Waals surface area contributed by atoms with Crippen LogP contribution in [0.5, 0.6) is 0 Å². The van der Waals surface area contributed by atoms with E-state index in [1.165, 1.54) is 0 Å². The standard InChI is InChI=1S/C8H8ClN3O2/c9-6-1-3-7(4-2-6)12(8(10)14)11-5-13/h1-5H,(H2,10,14)(H,11,13). The Morgan fingerprint density at radius 1 is 1.43 bits per heavy atom. The van der Waals surface area contributed by atoms with Crippen molar-refractivity contribution in [3.8, 4) is 0 Å². The molecule has 1 rings (SSSR count). The smallest absolute Gasteiger partial charge is 0.338 e. The third-order valence-electron chi connectivity index (χ3n) is 1.49. The minimum Gasteiger partial charge on any atom is -0.350 e. The summed E-state index contributed by atoms with van der Waals surface area (Å²) < 4.78 is 0. The highest BCUT2D eigenvalue weighted by Gasteiger charge is 2.10. The van der Waals surface area contributed by atoms with Crippen LogP contribution in [0.4, 0.5) is 10.5 Å². The number of primary amides is 1. The summed E-state index contributed by atoms with van der Waals surface area (Å²) in [5.74, 6) is 0. The minimum atomic E-state index is -0.778. The fourth-order valence-corrected chi connectivity index (χ4v) is 1.03. The van der Waals surface area contributed by atoms with Crippen LogP contribution in [0.2, 0.25) is 5.02 Å². The zero-order valence-electron chi connectivity index (χ0n) is 7.11. The van der Waals surface area contributed by atoms with Crippen molar-refractivity contribution in [3.05, 3.63) is 29.3 Å². The molecule has 3 amide bonds. The molecule has 3 N–H and O–H groups in total. The first-order chi connectivity index (χ1) is 6.65. The maximum atomic E-state index is 10.9. The lowest BCUT2D eigenvalue weighted by atomic mass is 10.3. The highest BCUT2D eigenvalue weighted by Crippen LogP contribution is 2.16. The van der Waals surface area contributed by atoms with E-state index in [1.54, 1.807) is 24.3 Å². The summed E-state index contributed by atoms with van der Waals surface area (Å²) in [5.41, 5.74) is 7.62. The van der Waals surface area contributed by atoms with Gasteiger partial charge in [0.05, 0.1) is 5.69 Å². The molecule has 0 bridgehead atoms. The van der Waals surface area contributed by atoms with E-state index in [-0.39, 0.29) is 0 Å². The highest BCUT2D eigenvalue weighted by atomic mass is 35.5. The third kappa shape index (κ3) is 2.37. The van der Waals surface area contributed by atoms with Crippen LogP contribution in [0, 0.1) is 0 Å². The average Bonchev–Trinajstić information content (AvgIpc) is 2.15. The van der Waals surface area contributed by atoms with E-state index < -0.39 is 6.03 Å². The molecule has 0 aliphatic rings. The molecule has 1 aromatic carbocycles. The Hall–Kier alpha value is -1.75. The lowest BCUT2D eigenvalue weighted by Crippen LogP contribution is -2.45. The summed E-state index contributed by atoms with van der Waals surface area (Å²) in [6, 6.07) is 5.51. The van der Waals surface area contributed by atoms with Crippen LogP contribution in [0.25, 0.3) is 0 Å². The fraction of sp³-hybridized carbons (Fsp3) is 0. The second-order valence-electron chi connectivity index (χ2n) is 2.40. The van der Waals surface area contributed by atoms with Crippen molar-refractivity contribution >= 4 is 29.7 Å². The number of carbonyl (C=O) groups is 2. The molecule has 14 heavy (non-hydrogen) atoms. The first-order valence-corrected chi connectivity index (χ1v) is 4.08. The molecule has 0 unspecified atom stereocenters. The maximum Gasteiger partial charge on any atom is 0.338 e. The van der Waals surface area contributed by atoms with Crippen LogP contribution < -0.4 is 16.2 Å². The van der Waals surface area contributed by atoms with Gasteiger partial charge >= 0.3 is 6.03 Å². The lowest BCUT2D eigenvalue weighted by Gasteiger charge is -2.17. The topological polar surface area (TPSA) is 75.4 Å². The fourth-order valence-electron chi connectivity index (χ4n) is 0.908. The van der Waals surface area contributed by atoms with E-state index >= 15 is 0 Å². The summed E-state index contributed by atoms with van der Waals surface area (Å²) in [4.78, 5) is 21.0. The molecule has 0 atom stereocenters. The number of nitrogens with one attached hydrogen (secondary N) is 1. The summed E-state index contributed by atoms with van der Waals surface area (Å²) in [6.07, 6.45) is 0.360. The zero-order valence-corrected chi connectivity index (χ0v) is 7.86. The van der Waals surface area contributed by atoms with E-state index in [2.05, 4.69) is 5.43 Å². The van der Waals surface area contributed by atoms with Gasteiger partial charge in [0, 0.05) is 5.02 Å². The molecule has 0 saturated carbocycles. The number of benzene rings is 1. The summed E-state index contributed by atoms with van der Waals surface area (Å²) in [7, 11) is 0. The van der Waals surface area contributed by atoms with Crippen molar-refractivity contribution in [1.29, 1.82) is 0 Å². The molecule has 6 heteroatoms. The number of amides is 3. The summed E-state index contributed by atoms with van der Waals surface area (Å²) >= 11 is 5.65. The Kier molecular flexibility index (Phi) is 3.30. The van der Waals surface area contributed by atoms with Crippen molar-refractivity contribution in [2.45, 2.75) is 0 Å². The number of nitrogens with zero attached hydrogens (tertiary/aromatic N) is 1. The van der Waals surface area contributed by atoms with Gasteiger partial charge in [-0.25, -0.2) is 9.80 Å². The van der Waals surface area contributed by atoms with E-state index in [9.17, 15) is 9.59 Å². The Morgan fingerprint density at radius 3 is 2.43 bits per heavy atom. The quantitative estimate of drug-likeness (QED) is 0.578. The van der Waals surface area contributed by atoms with Crippen molar-refractivity contribution < 1.29 is 9.59 Å². The molecular formula is C8H8ClN3O2. The van der Waals surface area contributed by atoms with Crippen LogP contribution in [-0.4, -0.2) is 12.4 Å². The van der Waals surface area contributed by atoms with Gasteiger partial charge in [0.2, 0.25) is 6.41 Å². The number of hydrazine groups is 1. The number of rotatable bonds is 3. The number of anilines is 1. The molecule has 5 nitrogen and oxygen atoms in total. The zero-order chi connectivity index (χ0) is 10.6. The van der Waals surface area contributed by atoms with Gasteiger partial charge in [0.25, 0.3) is 0 Å². The van der Waals surface area contributed by atoms with E-state index in [1.807, 2.05) is 0 Å². The predicted octanol–water partition coefficient (Wildman–Crippen LogP) is 0.886. The summed E-state index contributed by atoms with van der Waals surface area (Å²) in [6.45, 7) is 0. The molecule has 0 aliphatic carbocycles. The Morgan fingerprint density at radius 2 is 2.00 bits per heavy atom. The second kappa shape index (κ2) is 4.48. The van der Waals surface area contributed by atoms with Gasteiger partial charge in [0.15, 0.2) is 0 Å². The van der Waals surface area contributed by atoms with Crippen LogP contribution in [0.15, 0.2) is 24.3 Å². The highest BCUT2D eigenvalue weighted by molar-refractivity contribution is 6.30. The van der Waals surface area contributed by atoms with Crippen LogP contribution in [-0.2, 0) is 4.79 Å². The van der Waals surface area contributed by atoms with Crippen molar-refractivity contribution in [2.24, 2.45) is 5.73 Å². The van der Waals surface area contributed by atoms with Crippen LogP contribution in [0.1, 0.15) is 0 Å². The van der Waals surface area contributed by atoms with Gasteiger partial charge < -0.3 is 5.73 Å². The number of hydrogen-bond acceptors (Lipinski definition) is 2. The number of urea groups is 1. The molecule has 0 saturated heterocycles. The second-order valence-corrected chi connectivity index (χ2v) is 2.83. The SMILES string of the molecule is NC(=O)N(NC=O)c1ccc(Cl)cc1. The number of carbonyl (C=O) groups excluding carboxylic acids is 2. The molecule has 0 fully saturated rings. The van der Waals surface area contributed by atoms with Crippen molar-refractivity contribution in [2.75, 3.05) is 5.01 Å². The van der Waals surface area contributed by atoms with Gasteiger partial charge in [-0.15, -0.1) is 0 Å². The van der Waals surface area contributed by atoms with Crippen LogP contribution in [0.3, 0.4) is 0 Å². The van der Waals surface area contributed by atoms with Gasteiger partial charge in [-0.3, -0.25) is 10.2 Å². The monoisotopic (exact) mass is 213 g/mol. The molecule has 74 valence electrons. The Balaban J connectivity index is 2.93. The largest absolute Gasteiger partial charge is 0.350 e. The Labute approximate surface area is 85.4 Å². The van der Waals surface area contributed by atoms with Gasteiger partial charge in [0.1, 0.15) is 0 Å². The molecule has 0 aromatic heterocycles. The molecule has 1 aromatic rings. The maximum absolute atomic E-state index is 10.9. The van der Waals surface area contributed by atoms with E-state index in [4.69, 9.17) is 17.3 Å². The minimum absolute atomic E-state index is 0.360. The average molecular weight is 214 g/mol. The Bertz CT molecular complexity index is 339. The van der Waals surface area contributed by atoms with Gasteiger partial charge in [-0.1, -0.05) is 11.6 Å². The molecule has 0 spiro atoms. The first kappa shape index (κ1) is 10.3. The number of hydrogen-bond donors (Lipinski definition) is 2. The molecule has 0 radical (unpaired) electrons. The van der Waals surface area contributed by atoms with Gasteiger partial charge in [-0.2, -0.15) is 0 Å².